The summed E-state index contributed by atoms with van der Waals surface area (Å²) in [5.74, 6) is 2.19. The van der Waals surface area contributed by atoms with Gasteiger partial charge in [-0.15, -0.1) is 21.5 Å². The number of hydrogen-bond donors (Lipinski definition) is 0. The molecule has 1 unspecified atom stereocenters. The Kier molecular flexibility index (Phi) is 5.50. The monoisotopic (exact) mass is 437 g/mol. The molecule has 31 heavy (non-hydrogen) atoms. The lowest BCUT2D eigenvalue weighted by molar-refractivity contribution is 0.0305. The third kappa shape index (κ3) is 3.85. The number of carbonyl (C=O) groups excluding carboxylic acids is 1. The number of amides is 1. The van der Waals surface area contributed by atoms with E-state index in [-0.39, 0.29) is 5.91 Å². The smallest absolute Gasteiger partial charge is 0.264 e. The molecule has 162 valence electrons. The van der Waals surface area contributed by atoms with Crippen molar-refractivity contribution in [1.82, 2.24) is 15.1 Å². The number of benzene rings is 1. The normalized spacial score (nSPS) is 19.2. The first-order valence-corrected chi connectivity index (χ1v) is 11.6. The Labute approximate surface area is 186 Å². The molecule has 2 aromatic heterocycles. The first-order valence-electron chi connectivity index (χ1n) is 10.8. The van der Waals surface area contributed by atoms with Gasteiger partial charge in [0.15, 0.2) is 11.6 Å². The molecule has 5 rings (SSSR count). The molecule has 2 aliphatic heterocycles. The Morgan fingerprint density at radius 2 is 1.90 bits per heavy atom. The van der Waals surface area contributed by atoms with Crippen LogP contribution in [0, 0.1) is 0 Å². The predicted octanol–water partition coefficient (Wildman–Crippen LogP) is 3.22. The molecule has 1 aromatic carbocycles. The van der Waals surface area contributed by atoms with Crippen LogP contribution in [0.1, 0.15) is 27.6 Å². The van der Waals surface area contributed by atoms with Gasteiger partial charge in [0.2, 0.25) is 0 Å². The minimum atomic E-state index is 0.146. The Bertz CT molecular complexity index is 1080. The molecular formula is C23H27N5O2S. The molecule has 4 heterocycles. The van der Waals surface area contributed by atoms with E-state index < -0.39 is 0 Å². The summed E-state index contributed by atoms with van der Waals surface area (Å²) >= 11 is 1.63. The number of carbonyl (C=O) groups is 1. The van der Waals surface area contributed by atoms with Gasteiger partial charge in [0.1, 0.15) is 0 Å². The van der Waals surface area contributed by atoms with E-state index >= 15 is 0 Å². The van der Waals surface area contributed by atoms with Crippen LogP contribution in [0.4, 0.5) is 11.6 Å². The first-order chi connectivity index (χ1) is 15.1. The zero-order valence-corrected chi connectivity index (χ0v) is 18.8. The molecule has 0 bridgehead atoms. The lowest BCUT2D eigenvalue weighted by Crippen LogP contribution is -2.40. The van der Waals surface area contributed by atoms with Crippen molar-refractivity contribution in [3.05, 3.63) is 46.8 Å². The molecule has 0 N–H and O–H groups in total. The second-order valence-electron chi connectivity index (χ2n) is 8.32. The average molecular weight is 438 g/mol. The second-order valence-corrected chi connectivity index (χ2v) is 9.37. The Balaban J connectivity index is 1.45. The SMILES string of the molecule is CN(C)c1ccc(N2CCC(c3c(C(=O)N4CCOCC4)sc4ccccc34)C2)nn1. The van der Waals surface area contributed by atoms with E-state index in [4.69, 9.17) is 4.74 Å². The molecule has 0 spiro atoms. The Hall–Kier alpha value is -2.71. The largest absolute Gasteiger partial charge is 0.378 e. The Morgan fingerprint density at radius 1 is 1.10 bits per heavy atom. The molecule has 8 heteroatoms. The number of anilines is 2. The molecule has 0 aliphatic carbocycles. The molecule has 0 saturated carbocycles. The summed E-state index contributed by atoms with van der Waals surface area (Å²) in [4.78, 5) is 20.5. The van der Waals surface area contributed by atoms with Gasteiger partial charge in [-0.3, -0.25) is 4.79 Å². The second kappa shape index (κ2) is 8.43. The summed E-state index contributed by atoms with van der Waals surface area (Å²) in [5.41, 5.74) is 1.21. The topological polar surface area (TPSA) is 61.8 Å². The number of rotatable bonds is 4. The fourth-order valence-electron chi connectivity index (χ4n) is 4.47. The van der Waals surface area contributed by atoms with Crippen molar-refractivity contribution in [3.8, 4) is 0 Å². The quantitative estimate of drug-likeness (QED) is 0.625. The summed E-state index contributed by atoms with van der Waals surface area (Å²) in [6.45, 7) is 4.32. The zero-order chi connectivity index (χ0) is 21.4. The highest BCUT2D eigenvalue weighted by atomic mass is 32.1. The molecular weight excluding hydrogens is 410 g/mol. The summed E-state index contributed by atoms with van der Waals surface area (Å²) in [6, 6.07) is 12.4. The lowest BCUT2D eigenvalue weighted by atomic mass is 9.94. The van der Waals surface area contributed by atoms with E-state index in [2.05, 4.69) is 39.4 Å². The van der Waals surface area contributed by atoms with E-state index in [9.17, 15) is 4.79 Å². The highest BCUT2D eigenvalue weighted by Gasteiger charge is 2.33. The van der Waals surface area contributed by atoms with Crippen molar-refractivity contribution < 1.29 is 9.53 Å². The summed E-state index contributed by atoms with van der Waals surface area (Å²) in [5, 5.41) is 9.98. The number of aromatic nitrogens is 2. The maximum atomic E-state index is 13.4. The van der Waals surface area contributed by atoms with Crippen LogP contribution < -0.4 is 9.80 Å². The highest BCUT2D eigenvalue weighted by molar-refractivity contribution is 7.21. The van der Waals surface area contributed by atoms with Crippen LogP contribution in [0.5, 0.6) is 0 Å². The number of thiophene rings is 1. The van der Waals surface area contributed by atoms with E-state index in [0.717, 1.165) is 36.0 Å². The van der Waals surface area contributed by atoms with Gasteiger partial charge in [0, 0.05) is 50.9 Å². The van der Waals surface area contributed by atoms with Crippen molar-refractivity contribution in [2.45, 2.75) is 12.3 Å². The molecule has 2 saturated heterocycles. The van der Waals surface area contributed by atoms with Crippen LogP contribution in [0.25, 0.3) is 10.1 Å². The van der Waals surface area contributed by atoms with Crippen LogP contribution in [-0.2, 0) is 4.74 Å². The molecule has 0 radical (unpaired) electrons. The molecule has 1 amide bonds. The number of hydrogen-bond acceptors (Lipinski definition) is 7. The average Bonchev–Trinajstić information content (AvgIpc) is 3.44. The molecule has 2 aliphatic rings. The fraction of sp³-hybridized carbons (Fsp3) is 0.435. The summed E-state index contributed by atoms with van der Waals surface area (Å²) in [7, 11) is 3.93. The highest BCUT2D eigenvalue weighted by Crippen LogP contribution is 2.41. The van der Waals surface area contributed by atoms with Gasteiger partial charge < -0.3 is 19.4 Å². The van der Waals surface area contributed by atoms with Gasteiger partial charge in [0.05, 0.1) is 18.1 Å². The van der Waals surface area contributed by atoms with E-state index in [1.165, 1.54) is 15.6 Å². The van der Waals surface area contributed by atoms with E-state index in [1.807, 2.05) is 36.0 Å². The van der Waals surface area contributed by atoms with Gasteiger partial charge in [-0.05, 0) is 35.6 Å². The maximum Gasteiger partial charge on any atom is 0.264 e. The number of fused-ring (bicyclic) bond motifs is 1. The third-order valence-electron chi connectivity index (χ3n) is 6.14. The predicted molar refractivity (Wildman–Crippen MR) is 124 cm³/mol. The standard InChI is InChI=1S/C23H27N5O2S/c1-26(2)19-7-8-20(25-24-19)28-10-9-16(15-28)21-17-5-3-4-6-18(17)31-22(21)23(29)27-11-13-30-14-12-27/h3-8,16H,9-15H2,1-2H3. The van der Waals surface area contributed by atoms with Crippen molar-refractivity contribution >= 4 is 39.0 Å². The van der Waals surface area contributed by atoms with Crippen molar-refractivity contribution in [3.63, 3.8) is 0 Å². The van der Waals surface area contributed by atoms with Gasteiger partial charge in [0.25, 0.3) is 5.91 Å². The van der Waals surface area contributed by atoms with Crippen molar-refractivity contribution in [2.24, 2.45) is 0 Å². The van der Waals surface area contributed by atoms with E-state index in [1.54, 1.807) is 11.3 Å². The molecule has 3 aromatic rings. The van der Waals surface area contributed by atoms with Gasteiger partial charge in [-0.2, -0.15) is 0 Å². The molecule has 2 fully saturated rings. The summed E-state index contributed by atoms with van der Waals surface area (Å²) < 4.78 is 6.63. The van der Waals surface area contributed by atoms with Gasteiger partial charge >= 0.3 is 0 Å². The minimum Gasteiger partial charge on any atom is -0.378 e. The number of nitrogens with zero attached hydrogens (tertiary/aromatic N) is 5. The number of ether oxygens (including phenoxy) is 1. The van der Waals surface area contributed by atoms with Crippen molar-refractivity contribution in [2.75, 3.05) is 63.3 Å². The number of morpholine rings is 1. The van der Waals surface area contributed by atoms with Crippen LogP contribution in [0.2, 0.25) is 0 Å². The van der Waals surface area contributed by atoms with E-state index in [0.29, 0.717) is 32.2 Å². The van der Waals surface area contributed by atoms with Crippen LogP contribution in [0.15, 0.2) is 36.4 Å². The van der Waals surface area contributed by atoms with Gasteiger partial charge in [-0.1, -0.05) is 18.2 Å². The van der Waals surface area contributed by atoms with Gasteiger partial charge in [-0.25, -0.2) is 0 Å². The van der Waals surface area contributed by atoms with Crippen LogP contribution in [-0.4, -0.2) is 74.5 Å². The lowest BCUT2D eigenvalue weighted by Gasteiger charge is -2.27. The third-order valence-corrected chi connectivity index (χ3v) is 7.32. The maximum absolute atomic E-state index is 13.4. The first kappa shape index (κ1) is 20.2. The zero-order valence-electron chi connectivity index (χ0n) is 18.0. The van der Waals surface area contributed by atoms with Crippen molar-refractivity contribution in [1.29, 1.82) is 0 Å². The minimum absolute atomic E-state index is 0.146. The van der Waals surface area contributed by atoms with Crippen LogP contribution in [0.3, 0.4) is 0 Å². The Morgan fingerprint density at radius 3 is 2.65 bits per heavy atom. The molecule has 7 nitrogen and oxygen atoms in total. The molecule has 1 atom stereocenters. The fourth-order valence-corrected chi connectivity index (χ4v) is 5.73. The van der Waals surface area contributed by atoms with Crippen LogP contribution >= 0.6 is 11.3 Å². The summed E-state index contributed by atoms with van der Waals surface area (Å²) in [6.07, 6.45) is 1.00.